The Morgan fingerprint density at radius 3 is 2.44 bits per heavy atom. The second-order valence-corrected chi connectivity index (χ2v) is 5.71. The van der Waals surface area contributed by atoms with Crippen molar-refractivity contribution in [1.29, 1.82) is 0 Å². The molecule has 16 heavy (non-hydrogen) atoms. The van der Waals surface area contributed by atoms with E-state index in [4.69, 9.17) is 5.73 Å². The molecule has 3 heteroatoms. The van der Waals surface area contributed by atoms with Crippen molar-refractivity contribution >= 4 is 27.3 Å². The first-order valence-electron chi connectivity index (χ1n) is 5.69. The first-order valence-corrected chi connectivity index (χ1v) is 6.49. The highest BCUT2D eigenvalue weighted by atomic mass is 79.9. The van der Waals surface area contributed by atoms with Gasteiger partial charge in [-0.1, -0.05) is 29.8 Å². The average Bonchev–Trinajstić information content (AvgIpc) is 2.15. The van der Waals surface area contributed by atoms with Crippen molar-refractivity contribution in [2.24, 2.45) is 5.92 Å². The van der Waals surface area contributed by atoms with Gasteiger partial charge in [0, 0.05) is 17.6 Å². The number of nitrogens with two attached hydrogens (primary N) is 1. The summed E-state index contributed by atoms with van der Waals surface area (Å²) in [6.07, 6.45) is 1.17. The van der Waals surface area contributed by atoms with Gasteiger partial charge >= 0.3 is 0 Å². The van der Waals surface area contributed by atoms with Crippen LogP contribution >= 0.6 is 15.9 Å². The van der Waals surface area contributed by atoms with Gasteiger partial charge in [0.25, 0.3) is 0 Å². The highest BCUT2D eigenvalue weighted by Gasteiger charge is 2.13. The Kier molecular flexibility index (Phi) is 4.66. The van der Waals surface area contributed by atoms with E-state index in [0.29, 0.717) is 12.0 Å². The van der Waals surface area contributed by atoms with Crippen LogP contribution in [0.15, 0.2) is 22.7 Å². The summed E-state index contributed by atoms with van der Waals surface area (Å²) in [6.45, 7) is 6.73. The number of nitrogens with zero attached hydrogens (tertiary/aromatic N) is 1. The van der Waals surface area contributed by atoms with Crippen LogP contribution in [0.1, 0.15) is 27.2 Å². The van der Waals surface area contributed by atoms with E-state index in [1.807, 2.05) is 12.1 Å². The molecule has 2 nitrogen and oxygen atoms in total. The van der Waals surface area contributed by atoms with E-state index >= 15 is 0 Å². The molecule has 90 valence electrons. The predicted molar refractivity (Wildman–Crippen MR) is 75.9 cm³/mol. The standard InChI is InChI=1S/C13H21BrN2/c1-9(2)7-10(3)16(4)13-6-5-11(14)8-12(13)15/h5-6,8-10H,7,15H2,1-4H3. The van der Waals surface area contributed by atoms with Crippen LogP contribution < -0.4 is 10.6 Å². The molecule has 0 bridgehead atoms. The summed E-state index contributed by atoms with van der Waals surface area (Å²) < 4.78 is 1.03. The molecule has 1 aromatic carbocycles. The molecule has 0 spiro atoms. The number of hydrogen-bond acceptors (Lipinski definition) is 2. The third-order valence-electron chi connectivity index (χ3n) is 2.84. The number of hydrogen-bond donors (Lipinski definition) is 1. The lowest BCUT2D eigenvalue weighted by atomic mass is 10.0. The lowest BCUT2D eigenvalue weighted by molar-refractivity contribution is 0.504. The normalized spacial score (nSPS) is 12.9. The minimum atomic E-state index is 0.503. The molecule has 2 N–H and O–H groups in total. The summed E-state index contributed by atoms with van der Waals surface area (Å²) in [5, 5.41) is 0. The van der Waals surface area contributed by atoms with Crippen LogP contribution in [-0.4, -0.2) is 13.1 Å². The lowest BCUT2D eigenvalue weighted by Crippen LogP contribution is -2.30. The molecule has 0 heterocycles. The van der Waals surface area contributed by atoms with Crippen LogP contribution in [0, 0.1) is 5.92 Å². The molecule has 0 aliphatic heterocycles. The molecule has 0 aliphatic rings. The van der Waals surface area contributed by atoms with Gasteiger partial charge in [-0.2, -0.15) is 0 Å². The number of halogens is 1. The van der Waals surface area contributed by atoms with Crippen molar-refractivity contribution in [3.05, 3.63) is 22.7 Å². The van der Waals surface area contributed by atoms with Gasteiger partial charge in [0.05, 0.1) is 11.4 Å². The first-order chi connectivity index (χ1) is 7.41. The van der Waals surface area contributed by atoms with E-state index in [9.17, 15) is 0 Å². The Morgan fingerprint density at radius 1 is 1.31 bits per heavy atom. The second kappa shape index (κ2) is 5.58. The van der Waals surface area contributed by atoms with Crippen molar-refractivity contribution in [2.45, 2.75) is 33.2 Å². The zero-order valence-electron chi connectivity index (χ0n) is 10.5. The molecular weight excluding hydrogens is 264 g/mol. The Hall–Kier alpha value is -0.700. The third-order valence-corrected chi connectivity index (χ3v) is 3.34. The molecule has 0 aliphatic carbocycles. The van der Waals surface area contributed by atoms with E-state index < -0.39 is 0 Å². The van der Waals surface area contributed by atoms with Crippen LogP contribution in [0.25, 0.3) is 0 Å². The van der Waals surface area contributed by atoms with E-state index in [-0.39, 0.29) is 0 Å². The van der Waals surface area contributed by atoms with Crippen LogP contribution in [-0.2, 0) is 0 Å². The first kappa shape index (κ1) is 13.4. The number of benzene rings is 1. The van der Waals surface area contributed by atoms with Crippen molar-refractivity contribution in [2.75, 3.05) is 17.7 Å². The largest absolute Gasteiger partial charge is 0.397 e. The summed E-state index contributed by atoms with van der Waals surface area (Å²) in [4.78, 5) is 2.25. The van der Waals surface area contributed by atoms with Crippen molar-refractivity contribution in [1.82, 2.24) is 0 Å². The van der Waals surface area contributed by atoms with Crippen molar-refractivity contribution in [3.63, 3.8) is 0 Å². The lowest BCUT2D eigenvalue weighted by Gasteiger charge is -2.29. The molecular formula is C13H21BrN2. The monoisotopic (exact) mass is 284 g/mol. The van der Waals surface area contributed by atoms with Gasteiger partial charge < -0.3 is 10.6 Å². The Balaban J connectivity index is 2.83. The van der Waals surface area contributed by atoms with Crippen LogP contribution in [0.4, 0.5) is 11.4 Å². The molecule has 1 atom stereocenters. The van der Waals surface area contributed by atoms with Crippen molar-refractivity contribution < 1.29 is 0 Å². The maximum Gasteiger partial charge on any atom is 0.0600 e. The van der Waals surface area contributed by atoms with E-state index in [1.54, 1.807) is 0 Å². The van der Waals surface area contributed by atoms with Gasteiger partial charge in [-0.3, -0.25) is 0 Å². The molecule has 0 radical (unpaired) electrons. The van der Waals surface area contributed by atoms with Crippen LogP contribution in [0.3, 0.4) is 0 Å². The fourth-order valence-electron chi connectivity index (χ4n) is 1.92. The fraction of sp³-hybridized carbons (Fsp3) is 0.538. The maximum atomic E-state index is 6.02. The van der Waals surface area contributed by atoms with Gasteiger partial charge in [0.2, 0.25) is 0 Å². The molecule has 1 rings (SSSR count). The predicted octanol–water partition coefficient (Wildman–Crippen LogP) is 3.90. The minimum absolute atomic E-state index is 0.503. The second-order valence-electron chi connectivity index (χ2n) is 4.79. The van der Waals surface area contributed by atoms with E-state index in [1.165, 1.54) is 6.42 Å². The summed E-state index contributed by atoms with van der Waals surface area (Å²) in [5.41, 5.74) is 7.95. The van der Waals surface area contributed by atoms with Gasteiger partial charge in [0.1, 0.15) is 0 Å². The minimum Gasteiger partial charge on any atom is -0.397 e. The topological polar surface area (TPSA) is 29.3 Å². The molecule has 0 saturated carbocycles. The molecule has 0 fully saturated rings. The molecule has 0 amide bonds. The molecule has 1 unspecified atom stereocenters. The molecule has 1 aromatic rings. The smallest absolute Gasteiger partial charge is 0.0600 e. The summed E-state index contributed by atoms with van der Waals surface area (Å²) in [6, 6.07) is 6.55. The Bertz CT molecular complexity index is 350. The number of rotatable bonds is 4. The fourth-order valence-corrected chi connectivity index (χ4v) is 2.30. The molecule has 0 aromatic heterocycles. The van der Waals surface area contributed by atoms with E-state index in [0.717, 1.165) is 15.8 Å². The van der Waals surface area contributed by atoms with Gasteiger partial charge in [0.15, 0.2) is 0 Å². The van der Waals surface area contributed by atoms with Gasteiger partial charge in [-0.15, -0.1) is 0 Å². The maximum absolute atomic E-state index is 6.02. The highest BCUT2D eigenvalue weighted by molar-refractivity contribution is 9.10. The Labute approximate surface area is 107 Å². The highest BCUT2D eigenvalue weighted by Crippen LogP contribution is 2.28. The SMILES string of the molecule is CC(C)CC(C)N(C)c1ccc(Br)cc1N. The summed E-state index contributed by atoms with van der Waals surface area (Å²) >= 11 is 3.42. The molecule has 0 saturated heterocycles. The quantitative estimate of drug-likeness (QED) is 0.850. The van der Waals surface area contributed by atoms with Crippen LogP contribution in [0.2, 0.25) is 0 Å². The zero-order chi connectivity index (χ0) is 12.3. The summed E-state index contributed by atoms with van der Waals surface area (Å²) in [5.74, 6) is 0.703. The van der Waals surface area contributed by atoms with E-state index in [2.05, 4.69) is 54.7 Å². The van der Waals surface area contributed by atoms with Crippen LogP contribution in [0.5, 0.6) is 0 Å². The number of nitrogen functional groups attached to an aromatic ring is 1. The summed E-state index contributed by atoms with van der Waals surface area (Å²) in [7, 11) is 2.10. The van der Waals surface area contributed by atoms with Crippen molar-refractivity contribution in [3.8, 4) is 0 Å². The third kappa shape index (κ3) is 3.41. The zero-order valence-corrected chi connectivity index (χ0v) is 12.1. The Morgan fingerprint density at radius 2 is 1.94 bits per heavy atom. The number of anilines is 2. The average molecular weight is 285 g/mol. The van der Waals surface area contributed by atoms with Gasteiger partial charge in [-0.05, 0) is 37.5 Å². The van der Waals surface area contributed by atoms with Gasteiger partial charge in [-0.25, -0.2) is 0 Å².